The van der Waals surface area contributed by atoms with Crippen LogP contribution in [0.15, 0.2) is 18.2 Å². The van der Waals surface area contributed by atoms with Crippen LogP contribution in [0.4, 0.5) is 5.69 Å². The highest BCUT2D eigenvalue weighted by Gasteiger charge is 2.15. The Balaban J connectivity index is 3.14. The van der Waals surface area contributed by atoms with Crippen LogP contribution in [0.25, 0.3) is 0 Å². The molecule has 0 spiro atoms. The van der Waals surface area contributed by atoms with E-state index < -0.39 is 10.8 Å². The molecule has 0 fully saturated rings. The Labute approximate surface area is 89.2 Å². The minimum absolute atomic E-state index is 0.00708. The fraction of sp³-hybridized carbons (Fsp3) is 0. The number of nitrogens with one attached hydrogen (secondary N) is 1. The quantitative estimate of drug-likeness (QED) is 0.357. The molecule has 1 amide bonds. The summed E-state index contributed by atoms with van der Waals surface area (Å²) in [6.07, 6.45) is 1.43. The molecule has 1 N–H and O–H groups in total. The maximum atomic E-state index is 11.1. The van der Waals surface area contributed by atoms with Gasteiger partial charge in [0.2, 0.25) is 0 Å². The molecule has 0 heterocycles. The lowest BCUT2D eigenvalue weighted by atomic mass is 10.2. The number of nitrogens with zero attached hydrogens (tertiary/aromatic N) is 2. The Hall–Kier alpha value is -2.13. The van der Waals surface area contributed by atoms with Crippen LogP contribution in [0.3, 0.4) is 0 Å². The van der Waals surface area contributed by atoms with E-state index in [1.807, 2.05) is 5.32 Å². The molecular formula is C8H4ClN3O3. The molecule has 0 saturated carbocycles. The van der Waals surface area contributed by atoms with Crippen LogP contribution in [-0.2, 0) is 0 Å². The van der Waals surface area contributed by atoms with E-state index in [4.69, 9.17) is 16.9 Å². The van der Waals surface area contributed by atoms with Crippen LogP contribution in [-0.4, -0.2) is 10.8 Å². The molecule has 0 bridgehead atoms. The third kappa shape index (κ3) is 2.42. The summed E-state index contributed by atoms with van der Waals surface area (Å²) in [6, 6.07) is 3.53. The van der Waals surface area contributed by atoms with E-state index in [0.717, 1.165) is 6.07 Å². The van der Waals surface area contributed by atoms with Crippen molar-refractivity contribution in [3.8, 4) is 6.19 Å². The second-order valence-corrected chi connectivity index (χ2v) is 2.90. The van der Waals surface area contributed by atoms with Crippen molar-refractivity contribution < 1.29 is 9.72 Å². The van der Waals surface area contributed by atoms with Crippen LogP contribution in [0.2, 0.25) is 5.02 Å². The highest BCUT2D eigenvalue weighted by atomic mass is 35.5. The second kappa shape index (κ2) is 4.39. The summed E-state index contributed by atoms with van der Waals surface area (Å²) < 4.78 is 0. The zero-order valence-corrected chi connectivity index (χ0v) is 7.99. The van der Waals surface area contributed by atoms with E-state index in [2.05, 4.69) is 0 Å². The van der Waals surface area contributed by atoms with E-state index in [-0.39, 0.29) is 16.3 Å². The number of nitro benzene ring substituents is 1. The number of carbonyl (C=O) groups excluding carboxylic acids is 1. The van der Waals surface area contributed by atoms with Crippen LogP contribution in [0.5, 0.6) is 0 Å². The third-order valence-electron chi connectivity index (χ3n) is 1.57. The lowest BCUT2D eigenvalue weighted by molar-refractivity contribution is -0.384. The van der Waals surface area contributed by atoms with E-state index in [9.17, 15) is 14.9 Å². The van der Waals surface area contributed by atoms with E-state index in [1.165, 1.54) is 18.3 Å². The summed E-state index contributed by atoms with van der Waals surface area (Å²) in [7, 11) is 0. The van der Waals surface area contributed by atoms with Gasteiger partial charge in [0.1, 0.15) is 5.02 Å². The largest absolute Gasteiger partial charge is 0.288 e. The van der Waals surface area contributed by atoms with Gasteiger partial charge in [-0.1, -0.05) is 11.6 Å². The molecule has 15 heavy (non-hydrogen) atoms. The molecule has 0 aliphatic rings. The average molecular weight is 226 g/mol. The molecular weight excluding hydrogens is 222 g/mol. The SMILES string of the molecule is N#CNC(=O)c1ccc(Cl)c([N+](=O)[O-])c1. The number of carbonyl (C=O) groups is 1. The molecule has 0 radical (unpaired) electrons. The molecule has 0 aliphatic heterocycles. The summed E-state index contributed by atoms with van der Waals surface area (Å²) in [6.45, 7) is 0. The predicted octanol–water partition coefficient (Wildman–Crippen LogP) is 1.46. The van der Waals surface area contributed by atoms with Gasteiger partial charge in [-0.3, -0.25) is 20.2 Å². The zero-order valence-electron chi connectivity index (χ0n) is 7.23. The summed E-state index contributed by atoms with van der Waals surface area (Å²) in [4.78, 5) is 20.9. The number of nitriles is 1. The van der Waals surface area contributed by atoms with Crippen LogP contribution in [0, 0.1) is 21.6 Å². The van der Waals surface area contributed by atoms with Gasteiger partial charge in [-0.25, -0.2) is 0 Å². The number of hydrogen-bond acceptors (Lipinski definition) is 4. The number of halogens is 1. The molecule has 7 heteroatoms. The van der Waals surface area contributed by atoms with Gasteiger partial charge < -0.3 is 0 Å². The number of rotatable bonds is 2. The van der Waals surface area contributed by atoms with Gasteiger partial charge in [0.25, 0.3) is 11.6 Å². The van der Waals surface area contributed by atoms with Crippen molar-refractivity contribution in [1.82, 2.24) is 5.32 Å². The number of benzene rings is 1. The van der Waals surface area contributed by atoms with E-state index in [0.29, 0.717) is 0 Å². The minimum Gasteiger partial charge on any atom is -0.268 e. The van der Waals surface area contributed by atoms with Gasteiger partial charge >= 0.3 is 0 Å². The van der Waals surface area contributed by atoms with Gasteiger partial charge in [-0.15, -0.1) is 0 Å². The summed E-state index contributed by atoms with van der Waals surface area (Å²) in [5.41, 5.74) is -0.366. The zero-order chi connectivity index (χ0) is 11.4. The first-order valence-electron chi connectivity index (χ1n) is 3.69. The normalized spacial score (nSPS) is 9.07. The fourth-order valence-corrected chi connectivity index (χ4v) is 1.10. The second-order valence-electron chi connectivity index (χ2n) is 2.49. The Morgan fingerprint density at radius 3 is 2.80 bits per heavy atom. The smallest absolute Gasteiger partial charge is 0.268 e. The molecule has 1 aromatic rings. The lowest BCUT2D eigenvalue weighted by Gasteiger charge is -1.99. The maximum Gasteiger partial charge on any atom is 0.288 e. The predicted molar refractivity (Wildman–Crippen MR) is 51.2 cm³/mol. The Kier molecular flexibility index (Phi) is 3.21. The minimum atomic E-state index is -0.711. The molecule has 0 atom stereocenters. The molecule has 76 valence electrons. The Morgan fingerprint density at radius 1 is 1.60 bits per heavy atom. The van der Waals surface area contributed by atoms with E-state index >= 15 is 0 Å². The topological polar surface area (TPSA) is 96.0 Å². The third-order valence-corrected chi connectivity index (χ3v) is 1.89. The highest BCUT2D eigenvalue weighted by molar-refractivity contribution is 6.32. The molecule has 0 aromatic heterocycles. The molecule has 0 aliphatic carbocycles. The van der Waals surface area contributed by atoms with Crippen molar-refractivity contribution in [2.45, 2.75) is 0 Å². The van der Waals surface area contributed by atoms with Gasteiger partial charge in [0, 0.05) is 11.6 Å². The first-order valence-corrected chi connectivity index (χ1v) is 4.07. The molecule has 0 unspecified atom stereocenters. The molecule has 1 rings (SSSR count). The summed E-state index contributed by atoms with van der Waals surface area (Å²) >= 11 is 5.53. The fourth-order valence-electron chi connectivity index (χ4n) is 0.917. The van der Waals surface area contributed by atoms with Crippen LogP contribution >= 0.6 is 11.6 Å². The number of amides is 1. The van der Waals surface area contributed by atoms with Gasteiger partial charge in [-0.2, -0.15) is 5.26 Å². The van der Waals surface area contributed by atoms with Gasteiger partial charge in [0.15, 0.2) is 6.19 Å². The van der Waals surface area contributed by atoms with Crippen molar-refractivity contribution >= 4 is 23.2 Å². The molecule has 1 aromatic carbocycles. The number of nitro groups is 1. The highest BCUT2D eigenvalue weighted by Crippen LogP contribution is 2.24. The van der Waals surface area contributed by atoms with Crippen LogP contribution < -0.4 is 5.32 Å². The summed E-state index contributed by atoms with van der Waals surface area (Å²) in [5, 5.41) is 20.5. The van der Waals surface area contributed by atoms with Gasteiger partial charge in [-0.05, 0) is 12.1 Å². The van der Waals surface area contributed by atoms with E-state index in [1.54, 1.807) is 0 Å². The monoisotopic (exact) mass is 225 g/mol. The van der Waals surface area contributed by atoms with Crippen molar-refractivity contribution in [1.29, 1.82) is 5.26 Å². The standard InChI is InChI=1S/C8H4ClN3O3/c9-6-2-1-5(8(13)11-4-10)3-7(6)12(14)15/h1-3H,(H,11,13). The summed E-state index contributed by atoms with van der Waals surface area (Å²) in [5.74, 6) is -0.711. The van der Waals surface area contributed by atoms with Crippen molar-refractivity contribution in [2.75, 3.05) is 0 Å². The Morgan fingerprint density at radius 2 is 2.27 bits per heavy atom. The first kappa shape index (κ1) is 10.9. The lowest BCUT2D eigenvalue weighted by Crippen LogP contribution is -2.17. The maximum absolute atomic E-state index is 11.1. The van der Waals surface area contributed by atoms with Crippen LogP contribution in [0.1, 0.15) is 10.4 Å². The van der Waals surface area contributed by atoms with Crippen molar-refractivity contribution in [2.24, 2.45) is 0 Å². The molecule has 0 saturated heterocycles. The first-order chi connectivity index (χ1) is 7.06. The van der Waals surface area contributed by atoms with Crippen molar-refractivity contribution in [3.05, 3.63) is 38.9 Å². The molecule has 6 nitrogen and oxygen atoms in total. The van der Waals surface area contributed by atoms with Gasteiger partial charge in [0.05, 0.1) is 4.92 Å². The number of hydrogen-bond donors (Lipinski definition) is 1. The van der Waals surface area contributed by atoms with Crippen molar-refractivity contribution in [3.63, 3.8) is 0 Å². The average Bonchev–Trinajstić information content (AvgIpc) is 2.18. The Bertz CT molecular complexity index is 467.